The molecule has 118 valence electrons. The number of aliphatic hydroxyl groups is 1. The fraction of sp³-hybridized carbons (Fsp3) is 0.684. The Labute approximate surface area is 130 Å². The topological polar surface area (TPSA) is 32.3 Å². The maximum Gasteiger partial charge on any atom is 0.0499 e. The largest absolute Gasteiger partial charge is 0.396 e. The molecule has 0 radical (unpaired) electrons. The number of rotatable bonds is 8. The van der Waals surface area contributed by atoms with Crippen molar-refractivity contribution in [3.05, 3.63) is 35.4 Å². The summed E-state index contributed by atoms with van der Waals surface area (Å²) in [5.74, 6) is 0. The van der Waals surface area contributed by atoms with Gasteiger partial charge in [0.2, 0.25) is 0 Å². The zero-order valence-electron chi connectivity index (χ0n) is 13.7. The van der Waals surface area contributed by atoms with E-state index < -0.39 is 0 Å². The lowest BCUT2D eigenvalue weighted by Crippen LogP contribution is -2.36. The SMILES string of the molecule is CCCCc1ccc(C(C)NCC2(CO)CCCC2)cc1. The third-order valence-corrected chi connectivity index (χ3v) is 5.08. The van der Waals surface area contributed by atoms with Crippen molar-refractivity contribution >= 4 is 0 Å². The highest BCUT2D eigenvalue weighted by atomic mass is 16.3. The third kappa shape index (κ3) is 4.55. The molecule has 0 aromatic heterocycles. The van der Waals surface area contributed by atoms with E-state index in [9.17, 15) is 5.11 Å². The number of unbranched alkanes of at least 4 members (excludes halogenated alkanes) is 1. The Balaban J connectivity index is 1.86. The molecule has 0 spiro atoms. The Morgan fingerprint density at radius 1 is 1.19 bits per heavy atom. The van der Waals surface area contributed by atoms with Crippen molar-refractivity contribution in [3.63, 3.8) is 0 Å². The van der Waals surface area contributed by atoms with E-state index in [0.29, 0.717) is 12.6 Å². The van der Waals surface area contributed by atoms with Gasteiger partial charge < -0.3 is 10.4 Å². The molecule has 1 saturated carbocycles. The Morgan fingerprint density at radius 3 is 2.43 bits per heavy atom. The summed E-state index contributed by atoms with van der Waals surface area (Å²) in [6.45, 7) is 5.71. The van der Waals surface area contributed by atoms with Crippen LogP contribution in [0.1, 0.15) is 69.5 Å². The normalized spacial score (nSPS) is 18.8. The van der Waals surface area contributed by atoms with Gasteiger partial charge in [0, 0.05) is 24.6 Å². The van der Waals surface area contributed by atoms with Crippen molar-refractivity contribution in [1.82, 2.24) is 5.32 Å². The second kappa shape index (κ2) is 7.95. The number of benzene rings is 1. The van der Waals surface area contributed by atoms with E-state index in [1.807, 2.05) is 0 Å². The van der Waals surface area contributed by atoms with E-state index in [-0.39, 0.29) is 5.41 Å². The van der Waals surface area contributed by atoms with Crippen LogP contribution in [0.3, 0.4) is 0 Å². The quantitative estimate of drug-likeness (QED) is 0.750. The van der Waals surface area contributed by atoms with Gasteiger partial charge in [0.1, 0.15) is 0 Å². The highest BCUT2D eigenvalue weighted by Crippen LogP contribution is 2.37. The predicted molar refractivity (Wildman–Crippen MR) is 89.5 cm³/mol. The molecule has 0 aliphatic heterocycles. The third-order valence-electron chi connectivity index (χ3n) is 5.08. The fourth-order valence-electron chi connectivity index (χ4n) is 3.36. The smallest absolute Gasteiger partial charge is 0.0499 e. The molecule has 0 amide bonds. The standard InChI is InChI=1S/C19H31NO/c1-3-4-7-17-8-10-18(11-9-17)16(2)20-14-19(15-21)12-5-6-13-19/h8-11,16,20-21H,3-7,12-15H2,1-2H3. The van der Waals surface area contributed by atoms with E-state index in [4.69, 9.17) is 0 Å². The first-order valence-corrected chi connectivity index (χ1v) is 8.62. The second-order valence-corrected chi connectivity index (χ2v) is 6.81. The molecule has 21 heavy (non-hydrogen) atoms. The molecule has 0 heterocycles. The number of aliphatic hydroxyl groups excluding tert-OH is 1. The molecule has 1 aliphatic carbocycles. The minimum Gasteiger partial charge on any atom is -0.396 e. The first-order valence-electron chi connectivity index (χ1n) is 8.62. The van der Waals surface area contributed by atoms with Gasteiger partial charge in [-0.25, -0.2) is 0 Å². The molecule has 0 saturated heterocycles. The molecule has 1 aliphatic rings. The highest BCUT2D eigenvalue weighted by Gasteiger charge is 2.33. The van der Waals surface area contributed by atoms with E-state index in [2.05, 4.69) is 43.4 Å². The van der Waals surface area contributed by atoms with Crippen molar-refractivity contribution in [1.29, 1.82) is 0 Å². The van der Waals surface area contributed by atoms with Crippen LogP contribution in [0.5, 0.6) is 0 Å². The van der Waals surface area contributed by atoms with Crippen molar-refractivity contribution in [3.8, 4) is 0 Å². The van der Waals surface area contributed by atoms with E-state index in [1.54, 1.807) is 0 Å². The first kappa shape index (κ1) is 16.5. The van der Waals surface area contributed by atoms with Gasteiger partial charge in [-0.1, -0.05) is 50.5 Å². The van der Waals surface area contributed by atoms with Crippen molar-refractivity contribution in [2.45, 2.75) is 64.8 Å². The van der Waals surface area contributed by atoms with Crippen LogP contribution >= 0.6 is 0 Å². The Bertz CT molecular complexity index is 406. The molecule has 1 fully saturated rings. The maximum absolute atomic E-state index is 9.68. The van der Waals surface area contributed by atoms with Gasteiger partial charge in [0.15, 0.2) is 0 Å². The molecular weight excluding hydrogens is 258 g/mol. The van der Waals surface area contributed by atoms with Crippen LogP contribution < -0.4 is 5.32 Å². The van der Waals surface area contributed by atoms with Gasteiger partial charge in [0.25, 0.3) is 0 Å². The van der Waals surface area contributed by atoms with Gasteiger partial charge in [-0.15, -0.1) is 0 Å². The second-order valence-electron chi connectivity index (χ2n) is 6.81. The summed E-state index contributed by atoms with van der Waals surface area (Å²) < 4.78 is 0. The molecule has 2 N–H and O–H groups in total. The lowest BCUT2D eigenvalue weighted by Gasteiger charge is -2.29. The van der Waals surface area contributed by atoms with E-state index >= 15 is 0 Å². The van der Waals surface area contributed by atoms with Gasteiger partial charge in [-0.2, -0.15) is 0 Å². The van der Waals surface area contributed by atoms with Crippen LogP contribution in [0, 0.1) is 5.41 Å². The zero-order valence-corrected chi connectivity index (χ0v) is 13.7. The number of aryl methyl sites for hydroxylation is 1. The molecule has 1 aromatic rings. The van der Waals surface area contributed by atoms with Gasteiger partial charge in [0.05, 0.1) is 0 Å². The summed E-state index contributed by atoms with van der Waals surface area (Å²) in [5.41, 5.74) is 2.92. The number of nitrogens with one attached hydrogen (secondary N) is 1. The Morgan fingerprint density at radius 2 is 1.86 bits per heavy atom. The van der Waals surface area contributed by atoms with Crippen LogP contribution in [-0.4, -0.2) is 18.3 Å². The highest BCUT2D eigenvalue weighted by molar-refractivity contribution is 5.24. The van der Waals surface area contributed by atoms with Crippen LogP contribution in [0.2, 0.25) is 0 Å². The summed E-state index contributed by atoms with van der Waals surface area (Å²) >= 11 is 0. The summed E-state index contributed by atoms with van der Waals surface area (Å²) in [6.07, 6.45) is 8.57. The molecule has 2 rings (SSSR count). The average Bonchev–Trinajstić information content (AvgIpc) is 3.00. The maximum atomic E-state index is 9.68. The summed E-state index contributed by atoms with van der Waals surface area (Å²) in [6, 6.07) is 9.39. The van der Waals surface area contributed by atoms with Crippen LogP contribution in [-0.2, 0) is 6.42 Å². The predicted octanol–water partition coefficient (Wildman–Crippen LogP) is 4.23. The number of hydrogen-bond acceptors (Lipinski definition) is 2. The number of hydrogen-bond donors (Lipinski definition) is 2. The summed E-state index contributed by atoms with van der Waals surface area (Å²) in [4.78, 5) is 0. The molecule has 2 heteroatoms. The minimum absolute atomic E-state index is 0.134. The zero-order chi connectivity index (χ0) is 15.1. The summed E-state index contributed by atoms with van der Waals surface area (Å²) in [5, 5.41) is 13.3. The molecule has 0 bridgehead atoms. The molecule has 1 aromatic carbocycles. The lowest BCUT2D eigenvalue weighted by molar-refractivity contribution is 0.125. The monoisotopic (exact) mass is 289 g/mol. The van der Waals surface area contributed by atoms with Crippen LogP contribution in [0.4, 0.5) is 0 Å². The molecular formula is C19H31NO. The molecule has 1 unspecified atom stereocenters. The van der Waals surface area contributed by atoms with Crippen molar-refractivity contribution in [2.75, 3.05) is 13.2 Å². The minimum atomic E-state index is 0.134. The Kier molecular flexibility index (Phi) is 6.25. The van der Waals surface area contributed by atoms with Gasteiger partial charge >= 0.3 is 0 Å². The van der Waals surface area contributed by atoms with Crippen molar-refractivity contribution < 1.29 is 5.11 Å². The van der Waals surface area contributed by atoms with Crippen molar-refractivity contribution in [2.24, 2.45) is 5.41 Å². The molecule has 2 nitrogen and oxygen atoms in total. The summed E-state index contributed by atoms with van der Waals surface area (Å²) in [7, 11) is 0. The lowest BCUT2D eigenvalue weighted by atomic mass is 9.87. The first-order chi connectivity index (χ1) is 10.2. The fourth-order valence-corrected chi connectivity index (χ4v) is 3.36. The van der Waals surface area contributed by atoms with Crippen LogP contribution in [0.25, 0.3) is 0 Å². The van der Waals surface area contributed by atoms with Crippen LogP contribution in [0.15, 0.2) is 24.3 Å². The van der Waals surface area contributed by atoms with E-state index in [0.717, 1.165) is 6.54 Å². The van der Waals surface area contributed by atoms with E-state index in [1.165, 1.54) is 56.1 Å². The van der Waals surface area contributed by atoms with Gasteiger partial charge in [-0.05, 0) is 43.7 Å². The van der Waals surface area contributed by atoms with Gasteiger partial charge in [-0.3, -0.25) is 0 Å². The molecule has 1 atom stereocenters. The average molecular weight is 289 g/mol. The Hall–Kier alpha value is -0.860.